The van der Waals surface area contributed by atoms with Crippen LogP contribution in [0.3, 0.4) is 0 Å². The number of carbonyl (C=O) groups excluding carboxylic acids is 1. The van der Waals surface area contributed by atoms with Crippen LogP contribution in [0.15, 0.2) is 17.1 Å². The predicted octanol–water partition coefficient (Wildman–Crippen LogP) is 4.12. The van der Waals surface area contributed by atoms with E-state index < -0.39 is 5.41 Å². The van der Waals surface area contributed by atoms with Crippen molar-refractivity contribution in [2.45, 2.75) is 27.3 Å². The first-order chi connectivity index (χ1) is 9.75. The Morgan fingerprint density at radius 2 is 2.10 bits per heavy atom. The number of rotatable bonds is 1. The molecule has 1 heterocycles. The molecule has 110 valence electrons. The van der Waals surface area contributed by atoms with Crippen molar-refractivity contribution in [1.82, 2.24) is 4.57 Å². The predicted molar refractivity (Wildman–Crippen MR) is 88.7 cm³/mol. The molecule has 0 aliphatic carbocycles. The topological polar surface area (TPSA) is 34.4 Å². The summed E-state index contributed by atoms with van der Waals surface area (Å²) in [6.07, 6.45) is 5.42. The normalized spacial score (nSPS) is 12.7. The summed E-state index contributed by atoms with van der Waals surface area (Å²) >= 11 is 13.7. The zero-order chi connectivity index (χ0) is 15.8. The molecule has 0 radical (unpaired) electrons. The molecule has 6 heteroatoms. The lowest BCUT2D eigenvalue weighted by atomic mass is 9.96. The summed E-state index contributed by atoms with van der Waals surface area (Å²) in [4.78, 5) is 16.9. The maximum absolute atomic E-state index is 12.1. The highest BCUT2D eigenvalue weighted by Gasteiger charge is 2.21. The molecule has 2 aromatic rings. The van der Waals surface area contributed by atoms with Crippen LogP contribution < -0.4 is 4.80 Å². The number of halogens is 2. The van der Waals surface area contributed by atoms with Gasteiger partial charge in [-0.15, -0.1) is 6.42 Å². The molecule has 0 fully saturated rings. The molecular weight excluding hydrogens is 327 g/mol. The van der Waals surface area contributed by atoms with Crippen molar-refractivity contribution in [2.24, 2.45) is 10.4 Å². The van der Waals surface area contributed by atoms with Gasteiger partial charge < -0.3 is 4.57 Å². The van der Waals surface area contributed by atoms with Crippen molar-refractivity contribution in [1.29, 1.82) is 0 Å². The zero-order valence-corrected chi connectivity index (χ0v) is 14.2. The summed E-state index contributed by atoms with van der Waals surface area (Å²) in [5, 5.41) is 0.867. The number of hydrogen-bond acceptors (Lipinski definition) is 2. The highest BCUT2D eigenvalue weighted by atomic mass is 35.5. The molecule has 1 aromatic carbocycles. The Hall–Kier alpha value is -1.28. The number of hydrogen-bond donors (Lipinski definition) is 0. The fourth-order valence-electron chi connectivity index (χ4n) is 1.68. The van der Waals surface area contributed by atoms with Gasteiger partial charge in [-0.05, 0) is 12.1 Å². The Labute approximate surface area is 137 Å². The number of fused-ring (bicyclic) bond motifs is 1. The van der Waals surface area contributed by atoms with Gasteiger partial charge in [0.1, 0.15) is 0 Å². The van der Waals surface area contributed by atoms with E-state index in [0.29, 0.717) is 20.4 Å². The van der Waals surface area contributed by atoms with Crippen LogP contribution in [0.5, 0.6) is 0 Å². The van der Waals surface area contributed by atoms with Crippen molar-refractivity contribution in [3.63, 3.8) is 0 Å². The van der Waals surface area contributed by atoms with E-state index in [1.807, 2.05) is 26.8 Å². The summed E-state index contributed by atoms with van der Waals surface area (Å²) in [7, 11) is 0. The Balaban J connectivity index is 2.79. The molecule has 0 aliphatic rings. The Morgan fingerprint density at radius 3 is 2.67 bits per heavy atom. The van der Waals surface area contributed by atoms with E-state index in [4.69, 9.17) is 29.6 Å². The average molecular weight is 341 g/mol. The maximum Gasteiger partial charge on any atom is 0.253 e. The fourth-order valence-corrected chi connectivity index (χ4v) is 3.19. The summed E-state index contributed by atoms with van der Waals surface area (Å²) in [5.74, 6) is 2.35. The van der Waals surface area contributed by atoms with Crippen LogP contribution in [0.25, 0.3) is 10.2 Å². The van der Waals surface area contributed by atoms with Crippen molar-refractivity contribution >= 4 is 50.7 Å². The maximum atomic E-state index is 12.1. The Morgan fingerprint density at radius 1 is 1.43 bits per heavy atom. The second-order valence-electron chi connectivity index (χ2n) is 5.55. The summed E-state index contributed by atoms with van der Waals surface area (Å²) in [5.41, 5.74) is 0.165. The van der Waals surface area contributed by atoms with Gasteiger partial charge in [0.15, 0.2) is 4.80 Å². The largest absolute Gasteiger partial charge is 0.303 e. The second-order valence-corrected chi connectivity index (χ2v) is 7.34. The monoisotopic (exact) mass is 340 g/mol. The number of benzene rings is 1. The van der Waals surface area contributed by atoms with Crippen molar-refractivity contribution in [2.75, 3.05) is 0 Å². The number of terminal acetylenes is 1. The lowest BCUT2D eigenvalue weighted by Crippen LogP contribution is -2.23. The van der Waals surface area contributed by atoms with E-state index in [0.717, 1.165) is 4.70 Å². The molecule has 21 heavy (non-hydrogen) atoms. The SMILES string of the molecule is C#CCn1c(=NC(=O)C(C)(C)C)sc2ccc(Cl)c(Cl)c21. The molecule has 0 saturated heterocycles. The number of nitrogens with zero attached hydrogens (tertiary/aromatic N) is 2. The minimum atomic E-state index is -0.550. The summed E-state index contributed by atoms with van der Waals surface area (Å²) in [6.45, 7) is 5.74. The van der Waals surface area contributed by atoms with E-state index >= 15 is 0 Å². The van der Waals surface area contributed by atoms with Crippen LogP contribution in [-0.2, 0) is 11.3 Å². The molecule has 2 rings (SSSR count). The van der Waals surface area contributed by atoms with Crippen LogP contribution in [0.4, 0.5) is 0 Å². The molecule has 0 N–H and O–H groups in total. The molecule has 0 aliphatic heterocycles. The second kappa shape index (κ2) is 5.84. The standard InChI is InChI=1S/C15H14Cl2N2OS/c1-5-8-19-12-10(7-6-9(16)11(12)17)21-14(19)18-13(20)15(2,3)4/h1,6-7H,8H2,2-4H3. The smallest absolute Gasteiger partial charge is 0.253 e. The third-order valence-electron chi connectivity index (χ3n) is 2.82. The van der Waals surface area contributed by atoms with Gasteiger partial charge in [-0.2, -0.15) is 4.99 Å². The van der Waals surface area contributed by atoms with Crippen LogP contribution in [0.1, 0.15) is 20.8 Å². The van der Waals surface area contributed by atoms with E-state index in [2.05, 4.69) is 10.9 Å². The van der Waals surface area contributed by atoms with Gasteiger partial charge in [0, 0.05) is 5.41 Å². The summed E-state index contributed by atoms with van der Waals surface area (Å²) in [6, 6.07) is 3.57. The van der Waals surface area contributed by atoms with E-state index in [1.165, 1.54) is 11.3 Å². The quantitative estimate of drug-likeness (QED) is 0.719. The molecular formula is C15H14Cl2N2OS. The zero-order valence-electron chi connectivity index (χ0n) is 11.9. The van der Waals surface area contributed by atoms with E-state index in [1.54, 1.807) is 10.6 Å². The fraction of sp³-hybridized carbons (Fsp3) is 0.333. The van der Waals surface area contributed by atoms with Gasteiger partial charge in [0.2, 0.25) is 0 Å². The van der Waals surface area contributed by atoms with Crippen LogP contribution in [0, 0.1) is 17.8 Å². The van der Waals surface area contributed by atoms with Gasteiger partial charge in [-0.3, -0.25) is 4.79 Å². The number of carbonyl (C=O) groups is 1. The van der Waals surface area contributed by atoms with Gasteiger partial charge in [-0.1, -0.05) is 61.2 Å². The number of amides is 1. The first-order valence-electron chi connectivity index (χ1n) is 6.25. The van der Waals surface area contributed by atoms with Crippen LogP contribution in [0.2, 0.25) is 10.0 Å². The van der Waals surface area contributed by atoms with Crippen molar-refractivity contribution in [3.05, 3.63) is 27.0 Å². The number of aromatic nitrogens is 1. The molecule has 0 spiro atoms. The first kappa shape index (κ1) is 16.1. The van der Waals surface area contributed by atoms with Crippen LogP contribution >= 0.6 is 34.5 Å². The minimum Gasteiger partial charge on any atom is -0.303 e. The van der Waals surface area contributed by atoms with Gasteiger partial charge in [-0.25, -0.2) is 0 Å². The van der Waals surface area contributed by atoms with E-state index in [9.17, 15) is 4.79 Å². The molecule has 0 bridgehead atoms. The Bertz CT molecular complexity index is 819. The first-order valence-corrected chi connectivity index (χ1v) is 7.83. The van der Waals surface area contributed by atoms with Gasteiger partial charge in [0.05, 0.1) is 26.8 Å². The third kappa shape index (κ3) is 3.16. The average Bonchev–Trinajstić information content (AvgIpc) is 2.72. The molecule has 1 amide bonds. The van der Waals surface area contributed by atoms with E-state index in [-0.39, 0.29) is 12.5 Å². The molecule has 3 nitrogen and oxygen atoms in total. The van der Waals surface area contributed by atoms with Gasteiger partial charge in [0.25, 0.3) is 5.91 Å². The molecule has 0 unspecified atom stereocenters. The third-order valence-corrected chi connectivity index (χ3v) is 4.66. The lowest BCUT2D eigenvalue weighted by Gasteiger charge is -2.11. The number of thiazole rings is 1. The van der Waals surface area contributed by atoms with Crippen molar-refractivity contribution in [3.8, 4) is 12.3 Å². The van der Waals surface area contributed by atoms with Crippen LogP contribution in [-0.4, -0.2) is 10.5 Å². The lowest BCUT2D eigenvalue weighted by molar-refractivity contribution is -0.125. The van der Waals surface area contributed by atoms with Gasteiger partial charge >= 0.3 is 0 Å². The molecule has 0 saturated carbocycles. The van der Waals surface area contributed by atoms with Crippen molar-refractivity contribution < 1.29 is 4.79 Å². The summed E-state index contributed by atoms with van der Waals surface area (Å²) < 4.78 is 2.64. The Kier molecular flexibility index (Phi) is 4.48. The highest BCUT2D eigenvalue weighted by Crippen LogP contribution is 2.32. The minimum absolute atomic E-state index is 0.206. The molecule has 1 aromatic heterocycles. The molecule has 0 atom stereocenters. The highest BCUT2D eigenvalue weighted by molar-refractivity contribution is 7.16.